The Bertz CT molecular complexity index is 528. The van der Waals surface area contributed by atoms with Crippen LogP contribution >= 0.6 is 24.0 Å². The average Bonchev–Trinajstić information content (AvgIpc) is 2.65. The molecular weight excluding hydrogens is 427 g/mol. The number of aromatic nitrogens is 1. The van der Waals surface area contributed by atoms with Gasteiger partial charge in [0.1, 0.15) is 5.82 Å². The minimum absolute atomic E-state index is 0. The highest BCUT2D eigenvalue weighted by Crippen LogP contribution is 2.15. The van der Waals surface area contributed by atoms with Crippen LogP contribution in [-0.4, -0.2) is 61.7 Å². The van der Waals surface area contributed by atoms with E-state index >= 15 is 0 Å². The van der Waals surface area contributed by atoms with E-state index in [9.17, 15) is 0 Å². The fourth-order valence-corrected chi connectivity index (χ4v) is 2.75. The number of piperazine rings is 1. The molecule has 0 radical (unpaired) electrons. The Morgan fingerprint density at radius 2 is 2.00 bits per heavy atom. The Balaban J connectivity index is 0.00000312. The quantitative estimate of drug-likeness (QED) is 0.388. The van der Waals surface area contributed by atoms with Crippen molar-refractivity contribution in [2.24, 2.45) is 4.99 Å². The lowest BCUT2D eigenvalue weighted by Gasteiger charge is -2.34. The fraction of sp³-hybridized carbons (Fsp3) is 0.667. The average molecular weight is 460 g/mol. The standard InChI is InChI=1S/C18H32N6.HI/c1-5-15(3)22-18(19-4)21-14-16-7-8-20-17(13-16)24-11-9-23(6-2)10-12-24;/h7-8,13,15H,5-6,9-12,14H2,1-4H3,(H2,19,21,22);1H. The maximum absolute atomic E-state index is 4.56. The van der Waals surface area contributed by atoms with Crippen molar-refractivity contribution >= 4 is 35.8 Å². The van der Waals surface area contributed by atoms with Crippen molar-refractivity contribution < 1.29 is 0 Å². The predicted molar refractivity (Wildman–Crippen MR) is 117 cm³/mol. The molecule has 0 aliphatic carbocycles. The molecule has 2 rings (SSSR count). The first-order valence-electron chi connectivity index (χ1n) is 9.05. The summed E-state index contributed by atoms with van der Waals surface area (Å²) in [5.41, 5.74) is 1.23. The van der Waals surface area contributed by atoms with Gasteiger partial charge in [-0.05, 0) is 37.6 Å². The van der Waals surface area contributed by atoms with Gasteiger partial charge < -0.3 is 20.4 Å². The van der Waals surface area contributed by atoms with E-state index < -0.39 is 0 Å². The molecule has 0 saturated carbocycles. The highest BCUT2D eigenvalue weighted by Gasteiger charge is 2.16. The minimum atomic E-state index is 0. The molecular formula is C18H33IN6. The van der Waals surface area contributed by atoms with E-state index in [0.29, 0.717) is 6.04 Å². The van der Waals surface area contributed by atoms with Crippen LogP contribution < -0.4 is 15.5 Å². The van der Waals surface area contributed by atoms with E-state index in [-0.39, 0.29) is 24.0 Å². The molecule has 1 aliphatic heterocycles. The van der Waals surface area contributed by atoms with Crippen LogP contribution in [0.1, 0.15) is 32.8 Å². The summed E-state index contributed by atoms with van der Waals surface area (Å²) < 4.78 is 0. The summed E-state index contributed by atoms with van der Waals surface area (Å²) in [4.78, 5) is 13.7. The Labute approximate surface area is 169 Å². The Morgan fingerprint density at radius 1 is 1.28 bits per heavy atom. The van der Waals surface area contributed by atoms with Crippen molar-refractivity contribution in [1.29, 1.82) is 0 Å². The molecule has 0 aromatic carbocycles. The number of halogens is 1. The number of nitrogens with one attached hydrogen (secondary N) is 2. The molecule has 2 N–H and O–H groups in total. The van der Waals surface area contributed by atoms with Gasteiger partial charge in [-0.25, -0.2) is 4.98 Å². The van der Waals surface area contributed by atoms with Crippen molar-refractivity contribution in [2.45, 2.75) is 39.8 Å². The minimum Gasteiger partial charge on any atom is -0.354 e. The third-order valence-corrected chi connectivity index (χ3v) is 4.63. The summed E-state index contributed by atoms with van der Waals surface area (Å²) in [6, 6.07) is 4.67. The smallest absolute Gasteiger partial charge is 0.191 e. The Kier molecular flexibility index (Phi) is 10.1. The van der Waals surface area contributed by atoms with E-state index in [1.165, 1.54) is 5.56 Å². The molecule has 0 amide bonds. The van der Waals surface area contributed by atoms with Crippen LogP contribution in [0.15, 0.2) is 23.3 Å². The van der Waals surface area contributed by atoms with Gasteiger partial charge in [0.2, 0.25) is 0 Å². The first kappa shape index (κ1) is 22.0. The first-order valence-corrected chi connectivity index (χ1v) is 9.05. The van der Waals surface area contributed by atoms with Crippen molar-refractivity contribution in [3.63, 3.8) is 0 Å². The van der Waals surface area contributed by atoms with Crippen LogP contribution in [0.25, 0.3) is 0 Å². The Morgan fingerprint density at radius 3 is 2.60 bits per heavy atom. The molecule has 1 atom stereocenters. The van der Waals surface area contributed by atoms with Gasteiger partial charge in [0.25, 0.3) is 0 Å². The second-order valence-corrected chi connectivity index (χ2v) is 6.32. The molecule has 142 valence electrons. The van der Waals surface area contributed by atoms with E-state index in [0.717, 1.165) is 57.5 Å². The molecule has 25 heavy (non-hydrogen) atoms. The van der Waals surface area contributed by atoms with Gasteiger partial charge in [0.15, 0.2) is 5.96 Å². The predicted octanol–water partition coefficient (Wildman–Crippen LogP) is 2.31. The molecule has 0 bridgehead atoms. The number of rotatable bonds is 6. The van der Waals surface area contributed by atoms with Gasteiger partial charge in [0.05, 0.1) is 0 Å². The van der Waals surface area contributed by atoms with Gasteiger partial charge in [-0.2, -0.15) is 0 Å². The lowest BCUT2D eigenvalue weighted by Crippen LogP contribution is -2.46. The van der Waals surface area contributed by atoms with Crippen LogP contribution in [0.2, 0.25) is 0 Å². The number of nitrogens with zero attached hydrogens (tertiary/aromatic N) is 4. The number of aliphatic imine (C=N–C) groups is 1. The first-order chi connectivity index (χ1) is 11.7. The molecule has 1 saturated heterocycles. The lowest BCUT2D eigenvalue weighted by molar-refractivity contribution is 0.270. The summed E-state index contributed by atoms with van der Waals surface area (Å²) in [5, 5.41) is 6.76. The zero-order valence-electron chi connectivity index (χ0n) is 16.0. The summed E-state index contributed by atoms with van der Waals surface area (Å²) in [6.45, 7) is 12.8. The highest BCUT2D eigenvalue weighted by atomic mass is 127. The van der Waals surface area contributed by atoms with Gasteiger partial charge in [-0.3, -0.25) is 4.99 Å². The van der Waals surface area contributed by atoms with Crippen LogP contribution in [0, 0.1) is 0 Å². The van der Waals surface area contributed by atoms with E-state index in [2.05, 4.69) is 63.3 Å². The molecule has 2 heterocycles. The number of hydrogen-bond donors (Lipinski definition) is 2. The summed E-state index contributed by atoms with van der Waals surface area (Å²) >= 11 is 0. The maximum Gasteiger partial charge on any atom is 0.191 e. The number of likely N-dealkylation sites (N-methyl/N-ethyl adjacent to an activating group) is 1. The monoisotopic (exact) mass is 460 g/mol. The van der Waals surface area contributed by atoms with Crippen LogP contribution in [0.4, 0.5) is 5.82 Å². The van der Waals surface area contributed by atoms with E-state index in [1.807, 2.05) is 13.2 Å². The zero-order chi connectivity index (χ0) is 17.4. The number of anilines is 1. The van der Waals surface area contributed by atoms with Crippen LogP contribution in [-0.2, 0) is 6.54 Å². The molecule has 1 aromatic heterocycles. The van der Waals surface area contributed by atoms with E-state index in [4.69, 9.17) is 0 Å². The lowest BCUT2D eigenvalue weighted by atomic mass is 10.2. The second-order valence-electron chi connectivity index (χ2n) is 6.32. The Hall–Kier alpha value is -1.09. The summed E-state index contributed by atoms with van der Waals surface area (Å²) in [7, 11) is 1.81. The fourth-order valence-electron chi connectivity index (χ4n) is 2.75. The molecule has 6 nitrogen and oxygen atoms in total. The molecule has 1 aliphatic rings. The van der Waals surface area contributed by atoms with Crippen LogP contribution in [0.5, 0.6) is 0 Å². The second kappa shape index (κ2) is 11.5. The third kappa shape index (κ3) is 6.97. The molecule has 7 heteroatoms. The maximum atomic E-state index is 4.56. The van der Waals surface area contributed by atoms with Crippen molar-refractivity contribution in [1.82, 2.24) is 20.5 Å². The van der Waals surface area contributed by atoms with Crippen LogP contribution in [0.3, 0.4) is 0 Å². The number of pyridine rings is 1. The SMILES string of the molecule is CCC(C)NC(=NC)NCc1ccnc(N2CCN(CC)CC2)c1.I. The topological polar surface area (TPSA) is 55.8 Å². The third-order valence-electron chi connectivity index (χ3n) is 4.63. The summed E-state index contributed by atoms with van der Waals surface area (Å²) in [5.74, 6) is 1.93. The summed E-state index contributed by atoms with van der Waals surface area (Å²) in [6.07, 6.45) is 2.98. The van der Waals surface area contributed by atoms with Crippen molar-refractivity contribution in [3.8, 4) is 0 Å². The van der Waals surface area contributed by atoms with Gasteiger partial charge in [0, 0.05) is 52.0 Å². The highest BCUT2D eigenvalue weighted by molar-refractivity contribution is 14.0. The van der Waals surface area contributed by atoms with E-state index in [1.54, 1.807) is 0 Å². The molecule has 0 spiro atoms. The number of hydrogen-bond acceptors (Lipinski definition) is 4. The number of guanidine groups is 1. The molecule has 1 aromatic rings. The zero-order valence-corrected chi connectivity index (χ0v) is 18.3. The van der Waals surface area contributed by atoms with Crippen molar-refractivity contribution in [2.75, 3.05) is 44.7 Å². The van der Waals surface area contributed by atoms with Gasteiger partial charge in [-0.1, -0.05) is 13.8 Å². The normalized spacial score (nSPS) is 17.0. The molecule has 1 unspecified atom stereocenters. The van der Waals surface area contributed by atoms with Crippen molar-refractivity contribution in [3.05, 3.63) is 23.9 Å². The van der Waals surface area contributed by atoms with Gasteiger partial charge in [-0.15, -0.1) is 24.0 Å². The molecule has 1 fully saturated rings. The van der Waals surface area contributed by atoms with Gasteiger partial charge >= 0.3 is 0 Å². The largest absolute Gasteiger partial charge is 0.354 e.